The van der Waals surface area contributed by atoms with Gasteiger partial charge in [0, 0.05) is 4.48 Å². The first-order chi connectivity index (χ1) is 6.69. The summed E-state index contributed by atoms with van der Waals surface area (Å²) in [4.78, 5) is 0. The molecule has 10 heteroatoms. The molecule has 0 aromatic rings. The Kier molecular flexibility index (Phi) is 3.71. The third-order valence-electron chi connectivity index (χ3n) is 1.55. The molecule has 0 rings (SSSR count). The van der Waals surface area contributed by atoms with Crippen molar-refractivity contribution in [3.05, 3.63) is 11.1 Å². The van der Waals surface area contributed by atoms with Crippen LogP contribution in [0.4, 0.5) is 39.5 Å². The molecule has 0 N–H and O–H groups in total. The van der Waals surface area contributed by atoms with Gasteiger partial charge in [-0.2, -0.15) is 35.1 Å². The molecule has 0 radical (unpaired) electrons. The molecule has 0 saturated heterocycles. The van der Waals surface area contributed by atoms with Crippen molar-refractivity contribution in [3.8, 4) is 0 Å². The summed E-state index contributed by atoms with van der Waals surface area (Å²) in [6.45, 7) is 2.12. The lowest BCUT2D eigenvalue weighted by Gasteiger charge is -2.35. The Labute approximate surface area is 91.2 Å². The molecule has 1 atom stereocenters. The Morgan fingerprint density at radius 2 is 1.06 bits per heavy atom. The van der Waals surface area contributed by atoms with Crippen molar-refractivity contribution in [3.63, 3.8) is 0 Å². The maximum absolute atomic E-state index is 13.0. The van der Waals surface area contributed by atoms with Crippen LogP contribution in [-0.4, -0.2) is 23.9 Å². The van der Waals surface area contributed by atoms with E-state index in [0.29, 0.717) is 0 Å². The summed E-state index contributed by atoms with van der Waals surface area (Å²) in [6.07, 6.45) is -13.2. The van der Waals surface area contributed by atoms with Crippen LogP contribution in [-0.2, 0) is 0 Å². The van der Waals surface area contributed by atoms with Crippen LogP contribution >= 0.6 is 15.9 Å². The normalized spacial score (nSPS) is 18.1. The highest BCUT2D eigenvalue weighted by Crippen LogP contribution is 2.56. The SMILES string of the molecule is C=C(Br)[C@](F)(C(F)(F)F)C(F)(F)C(F)(F)F. The van der Waals surface area contributed by atoms with E-state index in [0.717, 1.165) is 0 Å². The number of rotatable bonds is 2. The number of allylic oxidation sites excluding steroid dienone is 1. The molecule has 0 bridgehead atoms. The van der Waals surface area contributed by atoms with Crippen molar-refractivity contribution in [2.75, 3.05) is 0 Å². The Balaban J connectivity index is 5.85. The predicted molar refractivity (Wildman–Crippen MR) is 39.0 cm³/mol. The summed E-state index contributed by atoms with van der Waals surface area (Å²) in [5.41, 5.74) is -5.92. The Hall–Kier alpha value is -0.410. The van der Waals surface area contributed by atoms with Crippen molar-refractivity contribution in [1.82, 2.24) is 0 Å². The van der Waals surface area contributed by atoms with Crippen LogP contribution in [0.5, 0.6) is 0 Å². The second-order valence-electron chi connectivity index (χ2n) is 2.63. The van der Waals surface area contributed by atoms with Gasteiger partial charge in [0.05, 0.1) is 0 Å². The molecule has 0 amide bonds. The van der Waals surface area contributed by atoms with Gasteiger partial charge in [0.25, 0.3) is 0 Å². The Bertz CT molecular complexity index is 287. The third kappa shape index (κ3) is 2.03. The van der Waals surface area contributed by atoms with E-state index in [1.807, 2.05) is 0 Å². The minimum Gasteiger partial charge on any atom is -0.221 e. The molecule has 0 saturated carbocycles. The number of halogens is 10. The lowest BCUT2D eigenvalue weighted by molar-refractivity contribution is -0.370. The number of hydrogen-bond donors (Lipinski definition) is 0. The van der Waals surface area contributed by atoms with Gasteiger partial charge in [0.1, 0.15) is 0 Å². The lowest BCUT2D eigenvalue weighted by Crippen LogP contribution is -2.62. The molecule has 16 heavy (non-hydrogen) atoms. The van der Waals surface area contributed by atoms with Crippen molar-refractivity contribution >= 4 is 15.9 Å². The summed E-state index contributed by atoms with van der Waals surface area (Å²) in [5.74, 6) is -6.64. The molecular formula is C6H2BrF9. The zero-order valence-electron chi connectivity index (χ0n) is 6.99. The van der Waals surface area contributed by atoms with Gasteiger partial charge in [0.15, 0.2) is 0 Å². The van der Waals surface area contributed by atoms with Crippen molar-refractivity contribution < 1.29 is 39.5 Å². The van der Waals surface area contributed by atoms with Gasteiger partial charge in [-0.05, 0) is 0 Å². The van der Waals surface area contributed by atoms with E-state index in [-0.39, 0.29) is 0 Å². The zero-order chi connectivity index (χ0) is 13.6. The van der Waals surface area contributed by atoms with E-state index in [9.17, 15) is 39.5 Å². The predicted octanol–water partition coefficient (Wildman–Crippen LogP) is 4.36. The van der Waals surface area contributed by atoms with Crippen LogP contribution in [0.15, 0.2) is 11.1 Å². The second kappa shape index (κ2) is 3.81. The van der Waals surface area contributed by atoms with Crippen molar-refractivity contribution in [1.29, 1.82) is 0 Å². The first-order valence-electron chi connectivity index (χ1n) is 3.24. The molecule has 0 unspecified atom stereocenters. The van der Waals surface area contributed by atoms with Crippen molar-refractivity contribution in [2.24, 2.45) is 0 Å². The van der Waals surface area contributed by atoms with Gasteiger partial charge in [-0.1, -0.05) is 22.5 Å². The van der Waals surface area contributed by atoms with Crippen LogP contribution in [0.1, 0.15) is 0 Å². The maximum atomic E-state index is 13.0. The summed E-state index contributed by atoms with van der Waals surface area (Å²) >= 11 is 1.59. The number of hydrogen-bond acceptors (Lipinski definition) is 0. The van der Waals surface area contributed by atoms with E-state index >= 15 is 0 Å². The Morgan fingerprint density at radius 1 is 0.750 bits per heavy atom. The summed E-state index contributed by atoms with van der Waals surface area (Å²) < 4.78 is 106. The minimum atomic E-state index is -6.70. The molecular weight excluding hydrogens is 323 g/mol. The lowest BCUT2D eigenvalue weighted by atomic mass is 9.96. The molecule has 0 heterocycles. The second-order valence-corrected chi connectivity index (χ2v) is 3.59. The topological polar surface area (TPSA) is 0 Å². The molecule has 0 aliphatic heterocycles. The highest BCUT2D eigenvalue weighted by atomic mass is 79.9. The molecule has 0 fully saturated rings. The van der Waals surface area contributed by atoms with Crippen LogP contribution in [0.3, 0.4) is 0 Å². The van der Waals surface area contributed by atoms with E-state index < -0.39 is 28.4 Å². The standard InChI is InChI=1S/C6H2BrF9/c1-2(7)3(8,5(11,12)13)4(9,10)6(14,15)16/h1H2/t3-/m1/s1. The highest BCUT2D eigenvalue weighted by Gasteiger charge is 2.82. The largest absolute Gasteiger partial charge is 0.457 e. The van der Waals surface area contributed by atoms with Crippen LogP contribution < -0.4 is 0 Å². The molecule has 96 valence electrons. The molecule has 0 aliphatic rings. The fraction of sp³-hybridized carbons (Fsp3) is 0.667. The van der Waals surface area contributed by atoms with Gasteiger partial charge in [-0.15, -0.1) is 0 Å². The van der Waals surface area contributed by atoms with E-state index in [4.69, 9.17) is 0 Å². The summed E-state index contributed by atoms with van der Waals surface area (Å²) in [6, 6.07) is 0. The average Bonchev–Trinajstić information content (AvgIpc) is 1.97. The maximum Gasteiger partial charge on any atom is 0.457 e. The fourth-order valence-corrected chi connectivity index (χ4v) is 1.17. The smallest absolute Gasteiger partial charge is 0.221 e. The first kappa shape index (κ1) is 15.6. The minimum absolute atomic E-state index is 1.59. The molecule has 0 aromatic heterocycles. The molecule has 0 aromatic carbocycles. The van der Waals surface area contributed by atoms with Crippen LogP contribution in [0.25, 0.3) is 0 Å². The van der Waals surface area contributed by atoms with Gasteiger partial charge >= 0.3 is 23.9 Å². The quantitative estimate of drug-likeness (QED) is 0.662. The Morgan fingerprint density at radius 3 is 1.12 bits per heavy atom. The van der Waals surface area contributed by atoms with Gasteiger partial charge in [-0.25, -0.2) is 4.39 Å². The zero-order valence-corrected chi connectivity index (χ0v) is 8.57. The van der Waals surface area contributed by atoms with E-state index in [1.54, 1.807) is 15.9 Å². The molecule has 0 nitrogen and oxygen atoms in total. The third-order valence-corrected chi connectivity index (χ3v) is 2.10. The summed E-state index contributed by atoms with van der Waals surface area (Å²) in [5, 5.41) is 0. The first-order valence-corrected chi connectivity index (χ1v) is 4.04. The van der Waals surface area contributed by atoms with Gasteiger partial charge in [0.2, 0.25) is 0 Å². The van der Waals surface area contributed by atoms with E-state index in [1.165, 1.54) is 0 Å². The van der Waals surface area contributed by atoms with Gasteiger partial charge in [-0.3, -0.25) is 0 Å². The van der Waals surface area contributed by atoms with Crippen molar-refractivity contribution in [2.45, 2.75) is 23.9 Å². The fourth-order valence-electron chi connectivity index (χ4n) is 0.697. The van der Waals surface area contributed by atoms with Crippen LogP contribution in [0.2, 0.25) is 0 Å². The van der Waals surface area contributed by atoms with Crippen LogP contribution in [0, 0.1) is 0 Å². The van der Waals surface area contributed by atoms with Gasteiger partial charge < -0.3 is 0 Å². The monoisotopic (exact) mass is 324 g/mol. The summed E-state index contributed by atoms with van der Waals surface area (Å²) in [7, 11) is 0. The van der Waals surface area contributed by atoms with E-state index in [2.05, 4.69) is 6.58 Å². The highest BCUT2D eigenvalue weighted by molar-refractivity contribution is 9.11. The average molecular weight is 325 g/mol. The molecule has 0 spiro atoms. The molecule has 0 aliphatic carbocycles. The number of alkyl halides is 9.